The molecule has 0 unspecified atom stereocenters. The van der Waals surface area contributed by atoms with Crippen LogP contribution in [-0.4, -0.2) is 16.1 Å². The zero-order valence-corrected chi connectivity index (χ0v) is 8.85. The number of carbonyl (C=O) groups is 1. The van der Waals surface area contributed by atoms with Crippen molar-refractivity contribution in [3.63, 3.8) is 0 Å². The quantitative estimate of drug-likeness (QED) is 0.709. The van der Waals surface area contributed by atoms with E-state index in [0.29, 0.717) is 12.0 Å². The Morgan fingerprint density at radius 1 is 1.27 bits per heavy atom. The van der Waals surface area contributed by atoms with Gasteiger partial charge in [0.1, 0.15) is 0 Å². The monoisotopic (exact) mass is 204 g/mol. The topological polar surface area (TPSA) is 34.9 Å². The van der Waals surface area contributed by atoms with Crippen LogP contribution in [0.15, 0.2) is 6.20 Å². The smallest absolute Gasteiger partial charge is 0.153 e. The van der Waals surface area contributed by atoms with Gasteiger partial charge in [-0.15, -0.1) is 0 Å². The zero-order valence-electron chi connectivity index (χ0n) is 8.85. The third-order valence-electron chi connectivity index (χ3n) is 3.58. The number of carbonyl (C=O) groups excluding carboxylic acids is 1. The van der Waals surface area contributed by atoms with Crippen LogP contribution in [0.2, 0.25) is 0 Å². The second-order valence-electron chi connectivity index (χ2n) is 4.78. The SMILES string of the molecule is O=Cc1cn(C2CCCC2)nc1C1CC1. The Kier molecular flexibility index (Phi) is 2.11. The highest BCUT2D eigenvalue weighted by atomic mass is 16.1. The maximum absolute atomic E-state index is 10.9. The van der Waals surface area contributed by atoms with Crippen molar-refractivity contribution < 1.29 is 4.79 Å². The van der Waals surface area contributed by atoms with Crippen LogP contribution < -0.4 is 0 Å². The van der Waals surface area contributed by atoms with Crippen LogP contribution in [0.25, 0.3) is 0 Å². The van der Waals surface area contributed by atoms with Gasteiger partial charge in [-0.1, -0.05) is 12.8 Å². The Morgan fingerprint density at radius 3 is 2.60 bits per heavy atom. The first kappa shape index (κ1) is 9.13. The van der Waals surface area contributed by atoms with E-state index in [4.69, 9.17) is 0 Å². The molecule has 2 fully saturated rings. The predicted molar refractivity (Wildman–Crippen MR) is 57.1 cm³/mol. The Bertz CT molecular complexity index is 373. The average molecular weight is 204 g/mol. The first-order valence-corrected chi connectivity index (χ1v) is 5.92. The molecule has 0 spiro atoms. The fourth-order valence-electron chi connectivity index (χ4n) is 2.54. The normalized spacial score (nSPS) is 22.1. The van der Waals surface area contributed by atoms with Crippen molar-refractivity contribution in [2.24, 2.45) is 0 Å². The lowest BCUT2D eigenvalue weighted by atomic mass is 10.2. The number of aromatic nitrogens is 2. The molecule has 2 saturated carbocycles. The number of hydrogen-bond donors (Lipinski definition) is 0. The summed E-state index contributed by atoms with van der Waals surface area (Å²) in [4.78, 5) is 10.9. The second-order valence-corrected chi connectivity index (χ2v) is 4.78. The van der Waals surface area contributed by atoms with Gasteiger partial charge in [-0.25, -0.2) is 0 Å². The summed E-state index contributed by atoms with van der Waals surface area (Å²) >= 11 is 0. The van der Waals surface area contributed by atoms with E-state index in [2.05, 4.69) is 5.10 Å². The summed E-state index contributed by atoms with van der Waals surface area (Å²) in [5.41, 5.74) is 1.88. The van der Waals surface area contributed by atoms with E-state index >= 15 is 0 Å². The van der Waals surface area contributed by atoms with Gasteiger partial charge in [0.2, 0.25) is 0 Å². The molecule has 2 aliphatic rings. The minimum absolute atomic E-state index is 0.552. The molecule has 0 aliphatic heterocycles. The average Bonchev–Trinajstić information content (AvgIpc) is 2.83. The molecule has 15 heavy (non-hydrogen) atoms. The van der Waals surface area contributed by atoms with Crippen LogP contribution in [0.1, 0.15) is 66.5 Å². The lowest BCUT2D eigenvalue weighted by Gasteiger charge is -2.08. The van der Waals surface area contributed by atoms with E-state index in [0.717, 1.165) is 17.5 Å². The fraction of sp³-hybridized carbons (Fsp3) is 0.667. The fourth-order valence-corrected chi connectivity index (χ4v) is 2.54. The summed E-state index contributed by atoms with van der Waals surface area (Å²) in [6, 6.07) is 0.552. The minimum Gasteiger partial charge on any atom is -0.298 e. The molecular formula is C12H16N2O. The van der Waals surface area contributed by atoms with E-state index in [1.165, 1.54) is 38.5 Å². The highest BCUT2D eigenvalue weighted by molar-refractivity contribution is 5.76. The Labute approximate surface area is 89.5 Å². The first-order chi connectivity index (χ1) is 7.38. The van der Waals surface area contributed by atoms with Crippen LogP contribution in [0.5, 0.6) is 0 Å². The minimum atomic E-state index is 0.552. The summed E-state index contributed by atoms with van der Waals surface area (Å²) < 4.78 is 2.05. The largest absolute Gasteiger partial charge is 0.298 e. The predicted octanol–water partition coefficient (Wildman–Crippen LogP) is 2.69. The van der Waals surface area contributed by atoms with Crippen molar-refractivity contribution in [2.75, 3.05) is 0 Å². The maximum atomic E-state index is 10.9. The molecule has 0 saturated heterocycles. The highest BCUT2D eigenvalue weighted by Gasteiger charge is 2.30. The maximum Gasteiger partial charge on any atom is 0.153 e. The molecule has 1 aromatic heterocycles. The van der Waals surface area contributed by atoms with Gasteiger partial charge in [-0.3, -0.25) is 9.48 Å². The lowest BCUT2D eigenvalue weighted by Crippen LogP contribution is -2.05. The molecule has 0 amide bonds. The van der Waals surface area contributed by atoms with Crippen molar-refractivity contribution in [1.29, 1.82) is 0 Å². The Balaban J connectivity index is 1.91. The van der Waals surface area contributed by atoms with Crippen molar-refractivity contribution >= 4 is 6.29 Å². The van der Waals surface area contributed by atoms with Crippen LogP contribution in [0.3, 0.4) is 0 Å². The number of rotatable bonds is 3. The van der Waals surface area contributed by atoms with Crippen LogP contribution >= 0.6 is 0 Å². The van der Waals surface area contributed by atoms with Crippen molar-refractivity contribution in [2.45, 2.75) is 50.5 Å². The second kappa shape index (κ2) is 3.47. The molecule has 80 valence electrons. The Morgan fingerprint density at radius 2 is 2.00 bits per heavy atom. The van der Waals surface area contributed by atoms with Crippen LogP contribution in [0.4, 0.5) is 0 Å². The standard InChI is InChI=1S/C12H16N2O/c15-8-10-7-14(11-3-1-2-4-11)13-12(10)9-5-6-9/h7-9,11H,1-6H2. The number of hydrogen-bond acceptors (Lipinski definition) is 2. The van der Waals surface area contributed by atoms with Gasteiger partial charge in [0.25, 0.3) is 0 Å². The van der Waals surface area contributed by atoms with Crippen LogP contribution in [-0.2, 0) is 0 Å². The van der Waals surface area contributed by atoms with Crippen molar-refractivity contribution in [3.8, 4) is 0 Å². The third-order valence-corrected chi connectivity index (χ3v) is 3.58. The molecule has 1 heterocycles. The van der Waals surface area contributed by atoms with Gasteiger partial charge in [0.05, 0.1) is 17.3 Å². The molecule has 0 atom stereocenters. The van der Waals surface area contributed by atoms with Gasteiger partial charge in [-0.05, 0) is 25.7 Å². The van der Waals surface area contributed by atoms with E-state index in [1.54, 1.807) is 0 Å². The van der Waals surface area contributed by atoms with Crippen molar-refractivity contribution in [1.82, 2.24) is 9.78 Å². The lowest BCUT2D eigenvalue weighted by molar-refractivity contribution is 0.112. The molecule has 0 bridgehead atoms. The van der Waals surface area contributed by atoms with Gasteiger partial charge in [0.15, 0.2) is 6.29 Å². The molecule has 1 aromatic rings. The van der Waals surface area contributed by atoms with Crippen LogP contribution in [0, 0.1) is 0 Å². The summed E-state index contributed by atoms with van der Waals surface area (Å²) in [6.45, 7) is 0. The summed E-state index contributed by atoms with van der Waals surface area (Å²) in [5.74, 6) is 0.577. The molecule has 0 N–H and O–H groups in total. The molecule has 3 nitrogen and oxygen atoms in total. The molecule has 3 rings (SSSR count). The molecule has 0 aromatic carbocycles. The molecule has 2 aliphatic carbocycles. The van der Waals surface area contributed by atoms with Gasteiger partial charge < -0.3 is 0 Å². The molecular weight excluding hydrogens is 188 g/mol. The number of nitrogens with zero attached hydrogens (tertiary/aromatic N) is 2. The van der Waals surface area contributed by atoms with Crippen molar-refractivity contribution in [3.05, 3.63) is 17.5 Å². The first-order valence-electron chi connectivity index (χ1n) is 5.92. The summed E-state index contributed by atoms with van der Waals surface area (Å²) in [5, 5.41) is 4.61. The van der Waals surface area contributed by atoms with E-state index in [-0.39, 0.29) is 0 Å². The zero-order chi connectivity index (χ0) is 10.3. The summed E-state index contributed by atoms with van der Waals surface area (Å²) in [6.07, 6.45) is 10.4. The number of aldehydes is 1. The van der Waals surface area contributed by atoms with E-state index in [1.807, 2.05) is 10.9 Å². The molecule has 0 radical (unpaired) electrons. The highest BCUT2D eigenvalue weighted by Crippen LogP contribution is 2.41. The van der Waals surface area contributed by atoms with Gasteiger partial charge in [0, 0.05) is 12.1 Å². The van der Waals surface area contributed by atoms with Gasteiger partial charge >= 0.3 is 0 Å². The summed E-state index contributed by atoms with van der Waals surface area (Å²) in [7, 11) is 0. The van der Waals surface area contributed by atoms with Gasteiger partial charge in [-0.2, -0.15) is 5.10 Å². The van der Waals surface area contributed by atoms with E-state index in [9.17, 15) is 4.79 Å². The Hall–Kier alpha value is -1.12. The van der Waals surface area contributed by atoms with E-state index < -0.39 is 0 Å². The third kappa shape index (κ3) is 1.60. The molecule has 3 heteroatoms.